The molecule has 0 aromatic heterocycles. The summed E-state index contributed by atoms with van der Waals surface area (Å²) >= 11 is 1.58. The number of thioether (sulfide) groups is 1. The number of hydrogen-bond acceptors (Lipinski definition) is 4. The summed E-state index contributed by atoms with van der Waals surface area (Å²) in [6.07, 6.45) is -3.30. The number of carboxylic acid groups (broad SMARTS) is 1. The molecule has 0 saturated heterocycles. The van der Waals surface area contributed by atoms with E-state index in [9.17, 15) is 23.1 Å². The molecule has 174 valence electrons. The van der Waals surface area contributed by atoms with Gasteiger partial charge in [0.25, 0.3) is 0 Å². The van der Waals surface area contributed by atoms with E-state index in [0.29, 0.717) is 30.7 Å². The Morgan fingerprint density at radius 3 is 2.27 bits per heavy atom. The van der Waals surface area contributed by atoms with Crippen LogP contribution in [-0.2, 0) is 18.6 Å². The highest BCUT2D eigenvalue weighted by Crippen LogP contribution is 2.27. The number of hydrogen-bond donors (Lipinski definition) is 2. The Balaban J connectivity index is 1.47. The Kier molecular flexibility index (Phi) is 8.27. The van der Waals surface area contributed by atoms with E-state index in [-0.39, 0.29) is 5.75 Å². The maximum Gasteiger partial charge on any atom is 0.573 e. The van der Waals surface area contributed by atoms with E-state index in [0.717, 1.165) is 27.3 Å². The van der Waals surface area contributed by atoms with Gasteiger partial charge in [0.2, 0.25) is 0 Å². The molecule has 33 heavy (non-hydrogen) atoms. The van der Waals surface area contributed by atoms with E-state index in [1.54, 1.807) is 30.0 Å². The fourth-order valence-corrected chi connectivity index (χ4v) is 4.12. The van der Waals surface area contributed by atoms with Crippen LogP contribution in [0.4, 0.5) is 18.9 Å². The van der Waals surface area contributed by atoms with Gasteiger partial charge in [-0.15, -0.1) is 24.9 Å². The lowest BCUT2D eigenvalue weighted by molar-refractivity contribution is -0.274. The van der Waals surface area contributed by atoms with Crippen molar-refractivity contribution in [3.63, 3.8) is 0 Å². The number of halogens is 3. The summed E-state index contributed by atoms with van der Waals surface area (Å²) in [6, 6.07) is 19.3. The van der Waals surface area contributed by atoms with Crippen molar-refractivity contribution in [2.75, 3.05) is 11.9 Å². The minimum atomic E-state index is -4.69. The van der Waals surface area contributed by atoms with Crippen LogP contribution < -0.4 is 10.1 Å². The Morgan fingerprint density at radius 2 is 1.67 bits per heavy atom. The molecule has 0 spiro atoms. The van der Waals surface area contributed by atoms with Gasteiger partial charge in [-0.25, -0.2) is 4.79 Å². The Labute approximate surface area is 194 Å². The third-order valence-corrected chi connectivity index (χ3v) is 6.03. The van der Waals surface area contributed by atoms with Gasteiger partial charge in [-0.05, 0) is 72.0 Å². The minimum Gasteiger partial charge on any atom is -0.478 e. The quantitative estimate of drug-likeness (QED) is 0.316. The second kappa shape index (κ2) is 11.1. The summed E-state index contributed by atoms with van der Waals surface area (Å²) in [5.41, 5.74) is 4.01. The third-order valence-electron chi connectivity index (χ3n) is 4.95. The second-order valence-electron chi connectivity index (χ2n) is 7.33. The van der Waals surface area contributed by atoms with Crippen molar-refractivity contribution in [2.24, 2.45) is 0 Å². The largest absolute Gasteiger partial charge is 0.573 e. The van der Waals surface area contributed by atoms with Crippen LogP contribution in [0.15, 0.2) is 71.6 Å². The molecule has 2 N–H and O–H groups in total. The van der Waals surface area contributed by atoms with Gasteiger partial charge in [0.1, 0.15) is 5.75 Å². The van der Waals surface area contributed by atoms with Gasteiger partial charge in [-0.1, -0.05) is 31.2 Å². The van der Waals surface area contributed by atoms with Crippen LogP contribution in [0.3, 0.4) is 0 Å². The maximum atomic E-state index is 12.2. The molecule has 4 nitrogen and oxygen atoms in total. The number of aryl methyl sites for hydroxylation is 1. The molecule has 0 atom stereocenters. The SMILES string of the molecule is CCc1ccc(CCNc2ccc(SCc3ccc(OC(F)(F)F)cc3)cc2)cc1C(=O)O. The third kappa shape index (κ3) is 7.75. The van der Waals surface area contributed by atoms with E-state index in [1.165, 1.54) is 12.1 Å². The molecule has 0 aliphatic carbocycles. The number of benzene rings is 3. The first-order valence-electron chi connectivity index (χ1n) is 10.4. The van der Waals surface area contributed by atoms with Crippen LogP contribution in [0.1, 0.15) is 34.0 Å². The maximum absolute atomic E-state index is 12.2. The van der Waals surface area contributed by atoms with Gasteiger partial charge in [0.15, 0.2) is 0 Å². The van der Waals surface area contributed by atoms with Gasteiger partial charge in [0, 0.05) is 22.9 Å². The van der Waals surface area contributed by atoms with Crippen molar-refractivity contribution in [1.82, 2.24) is 0 Å². The van der Waals surface area contributed by atoms with Crippen molar-refractivity contribution in [3.8, 4) is 5.75 Å². The van der Waals surface area contributed by atoms with Crippen LogP contribution in [-0.4, -0.2) is 24.0 Å². The Bertz CT molecular complexity index is 1070. The fourth-order valence-electron chi connectivity index (χ4n) is 3.26. The molecule has 3 rings (SSSR count). The van der Waals surface area contributed by atoms with E-state index in [4.69, 9.17) is 0 Å². The molecule has 8 heteroatoms. The number of carboxylic acids is 1. The lowest BCUT2D eigenvalue weighted by Gasteiger charge is -2.10. The summed E-state index contributed by atoms with van der Waals surface area (Å²) in [7, 11) is 0. The van der Waals surface area contributed by atoms with Crippen LogP contribution in [0.2, 0.25) is 0 Å². The standard InChI is InChI=1S/C25H24F3NO3S/c1-2-19-6-3-17(15-23(19)24(30)31)13-14-29-20-7-11-22(12-8-20)33-16-18-4-9-21(10-5-18)32-25(26,27)28/h3-12,15,29H,2,13-14,16H2,1H3,(H,30,31). The molecule has 0 saturated carbocycles. The average molecular weight is 476 g/mol. The number of anilines is 1. The van der Waals surface area contributed by atoms with Gasteiger partial charge in [-0.3, -0.25) is 0 Å². The minimum absolute atomic E-state index is 0.229. The van der Waals surface area contributed by atoms with Crippen molar-refractivity contribution in [3.05, 3.63) is 89.0 Å². The highest BCUT2D eigenvalue weighted by atomic mass is 32.2. The molecule has 0 amide bonds. The van der Waals surface area contributed by atoms with E-state index < -0.39 is 12.3 Å². The van der Waals surface area contributed by atoms with Gasteiger partial charge in [-0.2, -0.15) is 0 Å². The molecule has 0 fully saturated rings. The van der Waals surface area contributed by atoms with Crippen LogP contribution >= 0.6 is 11.8 Å². The van der Waals surface area contributed by atoms with E-state index >= 15 is 0 Å². The van der Waals surface area contributed by atoms with Crippen molar-refractivity contribution >= 4 is 23.4 Å². The lowest BCUT2D eigenvalue weighted by Crippen LogP contribution is -2.16. The number of aromatic carboxylic acids is 1. The monoisotopic (exact) mass is 475 g/mol. The number of carbonyl (C=O) groups is 1. The zero-order valence-electron chi connectivity index (χ0n) is 18.0. The molecular weight excluding hydrogens is 451 g/mol. The molecule has 0 heterocycles. The summed E-state index contributed by atoms with van der Waals surface area (Å²) in [4.78, 5) is 12.4. The summed E-state index contributed by atoms with van der Waals surface area (Å²) in [5.74, 6) is -0.508. The van der Waals surface area contributed by atoms with Gasteiger partial charge >= 0.3 is 12.3 Å². The molecule has 3 aromatic carbocycles. The van der Waals surface area contributed by atoms with E-state index in [2.05, 4.69) is 10.1 Å². The van der Waals surface area contributed by atoms with Crippen molar-refractivity contribution in [2.45, 2.75) is 36.8 Å². The smallest absolute Gasteiger partial charge is 0.478 e. The summed E-state index contributed by atoms with van der Waals surface area (Å²) in [6.45, 7) is 2.61. The zero-order chi connectivity index (χ0) is 23.8. The highest BCUT2D eigenvalue weighted by molar-refractivity contribution is 7.98. The predicted molar refractivity (Wildman–Crippen MR) is 124 cm³/mol. The Hall–Kier alpha value is -3.13. The van der Waals surface area contributed by atoms with Crippen LogP contribution in [0.25, 0.3) is 0 Å². The number of nitrogens with one attached hydrogen (secondary N) is 1. The molecule has 0 bridgehead atoms. The van der Waals surface area contributed by atoms with Gasteiger partial charge in [0.05, 0.1) is 5.56 Å². The first-order chi connectivity index (χ1) is 15.7. The van der Waals surface area contributed by atoms with Crippen molar-refractivity contribution < 1.29 is 27.8 Å². The fraction of sp³-hybridized carbons (Fsp3) is 0.240. The van der Waals surface area contributed by atoms with Crippen LogP contribution in [0, 0.1) is 0 Å². The average Bonchev–Trinajstić information content (AvgIpc) is 2.78. The number of rotatable bonds is 10. The van der Waals surface area contributed by atoms with Gasteiger partial charge < -0.3 is 15.2 Å². The zero-order valence-corrected chi connectivity index (χ0v) is 18.8. The molecule has 0 radical (unpaired) electrons. The molecule has 0 aliphatic rings. The molecular formula is C25H24F3NO3S. The normalized spacial score (nSPS) is 11.3. The first kappa shape index (κ1) is 24.5. The highest BCUT2D eigenvalue weighted by Gasteiger charge is 2.30. The summed E-state index contributed by atoms with van der Waals surface area (Å²) in [5, 5.41) is 12.7. The molecule has 0 unspecified atom stereocenters. The predicted octanol–water partition coefficient (Wildman–Crippen LogP) is 6.79. The topological polar surface area (TPSA) is 58.6 Å². The number of alkyl halides is 3. The molecule has 3 aromatic rings. The summed E-state index contributed by atoms with van der Waals surface area (Å²) < 4.78 is 40.6. The van der Waals surface area contributed by atoms with Crippen molar-refractivity contribution in [1.29, 1.82) is 0 Å². The lowest BCUT2D eigenvalue weighted by atomic mass is 10.0. The van der Waals surface area contributed by atoms with Crippen LogP contribution in [0.5, 0.6) is 5.75 Å². The molecule has 0 aliphatic heterocycles. The second-order valence-corrected chi connectivity index (χ2v) is 8.38. The Morgan fingerprint density at radius 1 is 1.00 bits per heavy atom. The first-order valence-corrected chi connectivity index (χ1v) is 11.4. The number of ether oxygens (including phenoxy) is 1. The van der Waals surface area contributed by atoms with E-state index in [1.807, 2.05) is 43.3 Å².